The lowest BCUT2D eigenvalue weighted by molar-refractivity contribution is -0.143. The van der Waals surface area contributed by atoms with Crippen molar-refractivity contribution in [3.63, 3.8) is 0 Å². The number of fused-ring (bicyclic) bond motifs is 1. The Bertz CT molecular complexity index is 530. The fourth-order valence-corrected chi connectivity index (χ4v) is 2.68. The van der Waals surface area contributed by atoms with Crippen molar-refractivity contribution in [2.24, 2.45) is 0 Å². The van der Waals surface area contributed by atoms with Crippen LogP contribution in [0.2, 0.25) is 0 Å². The Morgan fingerprint density at radius 3 is 2.95 bits per heavy atom. The van der Waals surface area contributed by atoms with Gasteiger partial charge in [0.1, 0.15) is 0 Å². The topological polar surface area (TPSA) is 46.6 Å². The quantitative estimate of drug-likeness (QED) is 0.618. The summed E-state index contributed by atoms with van der Waals surface area (Å²) in [7, 11) is 1.78. The van der Waals surface area contributed by atoms with Crippen molar-refractivity contribution in [3.8, 4) is 0 Å². The summed E-state index contributed by atoms with van der Waals surface area (Å²) in [6.07, 6.45) is 1.22. The lowest BCUT2D eigenvalue weighted by atomic mass is 10.0. The summed E-state index contributed by atoms with van der Waals surface area (Å²) in [6, 6.07) is 5.88. The number of amides is 1. The first-order valence-corrected chi connectivity index (χ1v) is 7.13. The minimum absolute atomic E-state index is 0.103. The van der Waals surface area contributed by atoms with Gasteiger partial charge in [0.05, 0.1) is 19.4 Å². The maximum atomic E-state index is 11.6. The molecule has 5 heteroatoms. The molecule has 20 heavy (non-hydrogen) atoms. The van der Waals surface area contributed by atoms with Gasteiger partial charge in [-0.25, -0.2) is 0 Å². The van der Waals surface area contributed by atoms with E-state index in [2.05, 4.69) is 0 Å². The van der Waals surface area contributed by atoms with Gasteiger partial charge < -0.3 is 9.64 Å². The largest absolute Gasteiger partial charge is 0.466 e. The summed E-state index contributed by atoms with van der Waals surface area (Å²) in [5.74, 6) is -0.172. The average Bonchev–Trinajstić information content (AvgIpc) is 2.64. The van der Waals surface area contributed by atoms with Gasteiger partial charge in [0.25, 0.3) is 0 Å². The number of hydrogen-bond donors (Lipinski definition) is 0. The van der Waals surface area contributed by atoms with Crippen LogP contribution in [0.15, 0.2) is 18.2 Å². The van der Waals surface area contributed by atoms with Crippen LogP contribution in [-0.4, -0.2) is 30.9 Å². The first kappa shape index (κ1) is 14.9. The van der Waals surface area contributed by atoms with Gasteiger partial charge >= 0.3 is 5.97 Å². The van der Waals surface area contributed by atoms with E-state index in [-0.39, 0.29) is 23.7 Å². The molecule has 0 aliphatic carbocycles. The highest BCUT2D eigenvalue weighted by Crippen LogP contribution is 2.29. The molecule has 1 amide bonds. The van der Waals surface area contributed by atoms with E-state index in [0.717, 1.165) is 16.8 Å². The average molecular weight is 296 g/mol. The van der Waals surface area contributed by atoms with Crippen LogP contribution in [0.1, 0.15) is 24.5 Å². The molecule has 0 bridgehead atoms. The van der Waals surface area contributed by atoms with E-state index >= 15 is 0 Å². The zero-order valence-corrected chi connectivity index (χ0v) is 12.4. The summed E-state index contributed by atoms with van der Waals surface area (Å²) in [5.41, 5.74) is 3.02. The normalized spacial score (nSPS) is 15.2. The molecule has 2 rings (SSSR count). The minimum atomic E-state index is -0.290. The molecule has 0 saturated carbocycles. The summed E-state index contributed by atoms with van der Waals surface area (Å²) < 4.78 is 4.88. The van der Waals surface area contributed by atoms with Crippen molar-refractivity contribution in [1.29, 1.82) is 0 Å². The lowest BCUT2D eigenvalue weighted by Gasteiger charge is -2.12. The molecule has 1 unspecified atom stereocenters. The molecule has 1 aromatic rings. The van der Waals surface area contributed by atoms with Crippen molar-refractivity contribution in [3.05, 3.63) is 29.3 Å². The van der Waals surface area contributed by atoms with Gasteiger partial charge in [0.2, 0.25) is 5.91 Å². The molecular formula is C15H18ClNO3. The zero-order chi connectivity index (χ0) is 14.7. The first-order chi connectivity index (χ1) is 9.51. The standard InChI is InChI=1S/C15H18ClNO3/c1-3-20-15(19)9-12(16)7-10-4-5-13-11(6-10)8-14(18)17(13)2/h4-6,12H,3,7-9H2,1-2H3. The Kier molecular flexibility index (Phi) is 4.65. The van der Waals surface area contributed by atoms with Crippen LogP contribution in [-0.2, 0) is 27.2 Å². The molecule has 0 N–H and O–H groups in total. The number of nitrogens with zero attached hydrogens (tertiary/aromatic N) is 1. The maximum absolute atomic E-state index is 11.6. The minimum Gasteiger partial charge on any atom is -0.466 e. The molecule has 0 fully saturated rings. The summed E-state index contributed by atoms with van der Waals surface area (Å²) >= 11 is 6.18. The highest BCUT2D eigenvalue weighted by molar-refractivity contribution is 6.21. The van der Waals surface area contributed by atoms with Crippen molar-refractivity contribution in [1.82, 2.24) is 0 Å². The second-order valence-electron chi connectivity index (χ2n) is 4.90. The second kappa shape index (κ2) is 6.27. The number of carbonyl (C=O) groups is 2. The van der Waals surface area contributed by atoms with E-state index in [9.17, 15) is 9.59 Å². The molecule has 0 saturated heterocycles. The molecule has 1 aliphatic heterocycles. The molecule has 0 radical (unpaired) electrons. The molecule has 0 spiro atoms. The van der Waals surface area contributed by atoms with Gasteiger partial charge in [-0.2, -0.15) is 0 Å². The second-order valence-corrected chi connectivity index (χ2v) is 5.52. The number of likely N-dealkylation sites (N-methyl/N-ethyl adjacent to an activating group) is 1. The Morgan fingerprint density at radius 1 is 1.50 bits per heavy atom. The van der Waals surface area contributed by atoms with Gasteiger partial charge in [-0.3, -0.25) is 9.59 Å². The number of ether oxygens (including phenoxy) is 1. The molecular weight excluding hydrogens is 278 g/mol. The number of hydrogen-bond acceptors (Lipinski definition) is 3. The van der Waals surface area contributed by atoms with Crippen molar-refractivity contribution in [2.45, 2.75) is 31.6 Å². The Balaban J connectivity index is 2.00. The molecule has 0 aromatic heterocycles. The fourth-order valence-electron chi connectivity index (χ4n) is 2.38. The number of anilines is 1. The van der Waals surface area contributed by atoms with Crippen LogP contribution in [0.3, 0.4) is 0 Å². The summed E-state index contributed by atoms with van der Waals surface area (Å²) in [4.78, 5) is 24.6. The van der Waals surface area contributed by atoms with Crippen LogP contribution < -0.4 is 4.90 Å². The zero-order valence-electron chi connectivity index (χ0n) is 11.7. The van der Waals surface area contributed by atoms with Crippen LogP contribution in [0.5, 0.6) is 0 Å². The maximum Gasteiger partial charge on any atom is 0.307 e. The monoisotopic (exact) mass is 295 g/mol. The fraction of sp³-hybridized carbons (Fsp3) is 0.467. The highest BCUT2D eigenvalue weighted by Gasteiger charge is 2.24. The number of esters is 1. The number of carbonyl (C=O) groups excluding carboxylic acids is 2. The Labute approximate surface area is 123 Å². The first-order valence-electron chi connectivity index (χ1n) is 6.69. The SMILES string of the molecule is CCOC(=O)CC(Cl)Cc1ccc2c(c1)CC(=O)N2C. The van der Waals surface area contributed by atoms with Gasteiger partial charge in [0, 0.05) is 18.1 Å². The molecule has 1 atom stereocenters. The predicted octanol–water partition coefficient (Wildman–Crippen LogP) is 2.31. The highest BCUT2D eigenvalue weighted by atomic mass is 35.5. The van der Waals surface area contributed by atoms with Crippen LogP contribution >= 0.6 is 11.6 Å². The van der Waals surface area contributed by atoms with Gasteiger partial charge in [-0.15, -0.1) is 11.6 Å². The molecule has 1 heterocycles. The third kappa shape index (κ3) is 3.31. The summed E-state index contributed by atoms with van der Waals surface area (Å²) in [6.45, 7) is 2.14. The molecule has 4 nitrogen and oxygen atoms in total. The van der Waals surface area contributed by atoms with E-state index < -0.39 is 0 Å². The van der Waals surface area contributed by atoms with Gasteiger partial charge in [-0.05, 0) is 30.5 Å². The van der Waals surface area contributed by atoms with E-state index in [1.807, 2.05) is 18.2 Å². The van der Waals surface area contributed by atoms with E-state index in [0.29, 0.717) is 19.4 Å². The Morgan fingerprint density at radius 2 is 2.25 bits per heavy atom. The number of halogens is 1. The lowest BCUT2D eigenvalue weighted by Crippen LogP contribution is -2.20. The van der Waals surface area contributed by atoms with Crippen LogP contribution in [0.25, 0.3) is 0 Å². The van der Waals surface area contributed by atoms with Crippen LogP contribution in [0.4, 0.5) is 5.69 Å². The van der Waals surface area contributed by atoms with E-state index in [1.54, 1.807) is 18.9 Å². The Hall–Kier alpha value is -1.55. The molecule has 1 aromatic carbocycles. The predicted molar refractivity (Wildman–Crippen MR) is 78.2 cm³/mol. The summed E-state index contributed by atoms with van der Waals surface area (Å²) in [5, 5.41) is -0.290. The number of benzene rings is 1. The van der Waals surface area contributed by atoms with Gasteiger partial charge in [-0.1, -0.05) is 12.1 Å². The van der Waals surface area contributed by atoms with Crippen molar-refractivity contribution < 1.29 is 14.3 Å². The third-order valence-electron chi connectivity index (χ3n) is 3.37. The van der Waals surface area contributed by atoms with Crippen LogP contribution in [0, 0.1) is 0 Å². The van der Waals surface area contributed by atoms with Crippen molar-refractivity contribution >= 4 is 29.2 Å². The number of alkyl halides is 1. The van der Waals surface area contributed by atoms with E-state index in [4.69, 9.17) is 16.3 Å². The smallest absolute Gasteiger partial charge is 0.307 e. The number of rotatable bonds is 5. The third-order valence-corrected chi connectivity index (χ3v) is 3.68. The molecule has 108 valence electrons. The van der Waals surface area contributed by atoms with E-state index in [1.165, 1.54) is 0 Å². The van der Waals surface area contributed by atoms with Gasteiger partial charge in [0.15, 0.2) is 0 Å². The van der Waals surface area contributed by atoms with Crippen molar-refractivity contribution in [2.75, 3.05) is 18.6 Å². The molecule has 1 aliphatic rings.